The fourth-order valence-corrected chi connectivity index (χ4v) is 2.66. The monoisotopic (exact) mass is 267 g/mol. The van der Waals surface area contributed by atoms with E-state index >= 15 is 0 Å². The van der Waals surface area contributed by atoms with Gasteiger partial charge in [0.05, 0.1) is 13.2 Å². The minimum absolute atomic E-state index is 0.227. The van der Waals surface area contributed by atoms with E-state index in [0.29, 0.717) is 18.8 Å². The van der Waals surface area contributed by atoms with E-state index in [1.807, 2.05) is 0 Å². The largest absolute Gasteiger partial charge is 0.484 e. The molecule has 0 aromatic heterocycles. The van der Waals surface area contributed by atoms with Crippen LogP contribution in [-0.2, 0) is 14.3 Å². The first-order valence-corrected chi connectivity index (χ1v) is 6.10. The number of halogens is 1. The zero-order valence-electron chi connectivity index (χ0n) is 10.2. The minimum Gasteiger partial charge on any atom is -0.484 e. The van der Waals surface area contributed by atoms with Gasteiger partial charge in [0.2, 0.25) is 5.60 Å². The van der Waals surface area contributed by atoms with Crippen LogP contribution in [0.15, 0.2) is 24.3 Å². The average Bonchev–Trinajstić information content (AvgIpc) is 2.93. The zero-order chi connectivity index (χ0) is 13.5. The number of amides is 1. The predicted octanol–water partition coefficient (Wildman–Crippen LogP) is 0.616. The summed E-state index contributed by atoms with van der Waals surface area (Å²) in [6.07, 6.45) is -0.356. The van der Waals surface area contributed by atoms with Crippen molar-refractivity contribution >= 4 is 5.91 Å². The van der Waals surface area contributed by atoms with E-state index in [2.05, 4.69) is 0 Å². The van der Waals surface area contributed by atoms with Gasteiger partial charge in [0.15, 0.2) is 6.10 Å². The van der Waals surface area contributed by atoms with Crippen LogP contribution >= 0.6 is 0 Å². The Morgan fingerprint density at radius 1 is 1.42 bits per heavy atom. The molecule has 0 saturated carbocycles. The predicted molar refractivity (Wildman–Crippen MR) is 63.1 cm³/mol. The quantitative estimate of drug-likeness (QED) is 0.871. The second kappa shape index (κ2) is 4.47. The first-order chi connectivity index (χ1) is 9.13. The Kier molecular flexibility index (Phi) is 2.91. The Balaban J connectivity index is 1.84. The molecule has 19 heavy (non-hydrogen) atoms. The van der Waals surface area contributed by atoms with Crippen molar-refractivity contribution in [2.75, 3.05) is 13.2 Å². The van der Waals surface area contributed by atoms with Crippen molar-refractivity contribution in [3.63, 3.8) is 0 Å². The Morgan fingerprint density at radius 2 is 2.16 bits per heavy atom. The second-order valence-electron chi connectivity index (χ2n) is 4.68. The van der Waals surface area contributed by atoms with Gasteiger partial charge < -0.3 is 19.9 Å². The van der Waals surface area contributed by atoms with Crippen LogP contribution in [0.1, 0.15) is 6.42 Å². The topological polar surface area (TPSA) is 70.8 Å². The number of fused-ring (bicyclic) bond motifs is 1. The first kappa shape index (κ1) is 12.4. The van der Waals surface area contributed by atoms with E-state index in [0.717, 1.165) is 0 Å². The number of nitrogens with two attached hydrogens (primary N) is 1. The molecule has 2 saturated heterocycles. The molecule has 5 nitrogen and oxygen atoms in total. The number of ether oxygens (including phenoxy) is 3. The number of rotatable bonds is 3. The van der Waals surface area contributed by atoms with Crippen LogP contribution in [0.25, 0.3) is 0 Å². The third-order valence-electron chi connectivity index (χ3n) is 3.60. The molecule has 0 bridgehead atoms. The van der Waals surface area contributed by atoms with Gasteiger partial charge in [-0.05, 0) is 24.3 Å². The highest BCUT2D eigenvalue weighted by Crippen LogP contribution is 2.39. The summed E-state index contributed by atoms with van der Waals surface area (Å²) in [7, 11) is 0. The van der Waals surface area contributed by atoms with Crippen LogP contribution < -0.4 is 10.5 Å². The van der Waals surface area contributed by atoms with Crippen LogP contribution in [0.2, 0.25) is 0 Å². The van der Waals surface area contributed by atoms with Crippen LogP contribution in [0, 0.1) is 5.82 Å². The third kappa shape index (κ3) is 1.87. The molecule has 1 aromatic rings. The van der Waals surface area contributed by atoms with Crippen LogP contribution in [0.4, 0.5) is 4.39 Å². The maximum absolute atomic E-state index is 12.8. The Hall–Kier alpha value is -1.66. The molecule has 2 heterocycles. The van der Waals surface area contributed by atoms with Crippen molar-refractivity contribution in [3.05, 3.63) is 30.1 Å². The van der Waals surface area contributed by atoms with Gasteiger partial charge in [-0.25, -0.2) is 4.39 Å². The van der Waals surface area contributed by atoms with E-state index in [1.165, 1.54) is 24.3 Å². The Morgan fingerprint density at radius 3 is 2.84 bits per heavy atom. The minimum atomic E-state index is -1.23. The summed E-state index contributed by atoms with van der Waals surface area (Å²) in [4.78, 5) is 11.7. The summed E-state index contributed by atoms with van der Waals surface area (Å²) in [5.74, 6) is -0.485. The first-order valence-electron chi connectivity index (χ1n) is 6.10. The lowest BCUT2D eigenvalue weighted by Crippen LogP contribution is -2.57. The molecular formula is C13H14FNO4. The van der Waals surface area contributed by atoms with Crippen molar-refractivity contribution in [1.82, 2.24) is 0 Å². The lowest BCUT2D eigenvalue weighted by Gasteiger charge is -2.29. The number of hydrogen-bond acceptors (Lipinski definition) is 4. The van der Waals surface area contributed by atoms with Gasteiger partial charge in [0.1, 0.15) is 17.7 Å². The molecule has 2 N–H and O–H groups in total. The van der Waals surface area contributed by atoms with Crippen molar-refractivity contribution < 1.29 is 23.4 Å². The van der Waals surface area contributed by atoms with E-state index in [-0.39, 0.29) is 18.5 Å². The van der Waals surface area contributed by atoms with Gasteiger partial charge in [-0.15, -0.1) is 0 Å². The third-order valence-corrected chi connectivity index (χ3v) is 3.60. The SMILES string of the molecule is NC(=O)[C@]12OCC[C@H]1OC[C@@H]2Oc1ccc(F)cc1. The van der Waals surface area contributed by atoms with E-state index < -0.39 is 17.6 Å². The number of benzene rings is 1. The highest BCUT2D eigenvalue weighted by molar-refractivity contribution is 5.86. The Labute approximate surface area is 109 Å². The molecule has 2 fully saturated rings. The number of hydrogen-bond donors (Lipinski definition) is 1. The van der Waals surface area contributed by atoms with Gasteiger partial charge in [0.25, 0.3) is 5.91 Å². The number of primary amides is 1. The molecule has 0 aliphatic carbocycles. The van der Waals surface area contributed by atoms with Gasteiger partial charge in [-0.2, -0.15) is 0 Å². The second-order valence-corrected chi connectivity index (χ2v) is 4.68. The average molecular weight is 267 g/mol. The molecule has 3 rings (SSSR count). The molecular weight excluding hydrogens is 253 g/mol. The highest BCUT2D eigenvalue weighted by atomic mass is 19.1. The molecule has 2 aliphatic rings. The standard InChI is InChI=1S/C13H14FNO4/c14-8-1-3-9(4-2-8)19-11-7-17-10-5-6-18-13(10,11)12(15)16/h1-4,10-11H,5-7H2,(H2,15,16)/t10-,11+,13+/m1/s1. The van der Waals surface area contributed by atoms with Crippen molar-refractivity contribution in [2.45, 2.75) is 24.2 Å². The van der Waals surface area contributed by atoms with Gasteiger partial charge in [0, 0.05) is 6.42 Å². The maximum atomic E-state index is 12.8. The molecule has 1 aromatic carbocycles. The Bertz CT molecular complexity index is 492. The van der Waals surface area contributed by atoms with Crippen molar-refractivity contribution in [3.8, 4) is 5.75 Å². The van der Waals surface area contributed by atoms with Crippen LogP contribution in [0.3, 0.4) is 0 Å². The number of carbonyl (C=O) groups excluding carboxylic acids is 1. The maximum Gasteiger partial charge on any atom is 0.256 e. The van der Waals surface area contributed by atoms with Gasteiger partial charge in [-0.3, -0.25) is 4.79 Å². The molecule has 2 aliphatic heterocycles. The summed E-state index contributed by atoms with van der Waals surface area (Å²) < 4.78 is 29.6. The van der Waals surface area contributed by atoms with Gasteiger partial charge in [-0.1, -0.05) is 0 Å². The molecule has 0 unspecified atom stereocenters. The zero-order valence-corrected chi connectivity index (χ0v) is 10.2. The van der Waals surface area contributed by atoms with Gasteiger partial charge >= 0.3 is 0 Å². The molecule has 6 heteroatoms. The van der Waals surface area contributed by atoms with E-state index in [9.17, 15) is 9.18 Å². The van der Waals surface area contributed by atoms with Crippen LogP contribution in [-0.4, -0.2) is 36.9 Å². The molecule has 3 atom stereocenters. The lowest BCUT2D eigenvalue weighted by molar-refractivity contribution is -0.147. The fraction of sp³-hybridized carbons (Fsp3) is 0.462. The van der Waals surface area contributed by atoms with Crippen molar-refractivity contribution in [1.29, 1.82) is 0 Å². The molecule has 1 amide bonds. The summed E-state index contributed by atoms with van der Waals surface area (Å²) in [5.41, 5.74) is 4.23. The van der Waals surface area contributed by atoms with E-state index in [4.69, 9.17) is 19.9 Å². The smallest absolute Gasteiger partial charge is 0.256 e. The summed E-state index contributed by atoms with van der Waals surface area (Å²) in [5, 5.41) is 0. The molecule has 0 spiro atoms. The molecule has 0 radical (unpaired) electrons. The normalized spacial score (nSPS) is 33.1. The summed E-state index contributed by atoms with van der Waals surface area (Å²) >= 11 is 0. The lowest BCUT2D eigenvalue weighted by atomic mass is 9.92. The molecule has 102 valence electrons. The highest BCUT2D eigenvalue weighted by Gasteiger charge is 2.62. The van der Waals surface area contributed by atoms with Crippen LogP contribution in [0.5, 0.6) is 5.75 Å². The van der Waals surface area contributed by atoms with E-state index in [1.54, 1.807) is 0 Å². The fourth-order valence-electron chi connectivity index (χ4n) is 2.66. The van der Waals surface area contributed by atoms with Crippen molar-refractivity contribution in [2.24, 2.45) is 5.73 Å². The summed E-state index contributed by atoms with van der Waals surface area (Å²) in [6.45, 7) is 0.641. The summed E-state index contributed by atoms with van der Waals surface area (Å²) in [6, 6.07) is 5.56. The number of carbonyl (C=O) groups is 1.